The lowest BCUT2D eigenvalue weighted by atomic mass is 10.1. The summed E-state index contributed by atoms with van der Waals surface area (Å²) >= 11 is 0. The first-order chi connectivity index (χ1) is 10.0. The Hall–Kier alpha value is -2.33. The number of carbonyl (C=O) groups excluding carboxylic acids is 1. The van der Waals surface area contributed by atoms with Crippen LogP contribution in [0.2, 0.25) is 0 Å². The van der Waals surface area contributed by atoms with Gasteiger partial charge < -0.3 is 15.2 Å². The minimum absolute atomic E-state index is 0.0599. The molecule has 2 N–H and O–H groups in total. The van der Waals surface area contributed by atoms with Crippen LogP contribution in [0.1, 0.15) is 6.92 Å². The molecule has 0 fully saturated rings. The second-order valence-electron chi connectivity index (χ2n) is 5.09. The zero-order valence-corrected chi connectivity index (χ0v) is 12.2. The van der Waals surface area contributed by atoms with Crippen LogP contribution in [0.3, 0.4) is 0 Å². The largest absolute Gasteiger partial charge is 0.491 e. The van der Waals surface area contributed by atoms with Gasteiger partial charge in [-0.25, -0.2) is 4.79 Å². The van der Waals surface area contributed by atoms with Gasteiger partial charge >= 0.3 is 5.97 Å². The summed E-state index contributed by atoms with van der Waals surface area (Å²) in [7, 11) is 1.31. The third kappa shape index (κ3) is 3.83. The maximum absolute atomic E-state index is 11.5. The quantitative estimate of drug-likeness (QED) is 0.858. The van der Waals surface area contributed by atoms with Gasteiger partial charge in [-0.3, -0.25) is 0 Å². The van der Waals surface area contributed by atoms with E-state index in [1.165, 1.54) is 7.11 Å². The van der Waals surface area contributed by atoms with Crippen molar-refractivity contribution >= 4 is 5.97 Å². The Kier molecular flexibility index (Phi) is 4.60. The summed E-state index contributed by atoms with van der Waals surface area (Å²) in [6.45, 7) is 1.64. The molecule has 0 amide bonds. The highest BCUT2D eigenvalue weighted by atomic mass is 16.5. The number of hydrogen-bond donors (Lipinski definition) is 1. The second kappa shape index (κ2) is 6.41. The number of ether oxygens (including phenoxy) is 2. The fourth-order valence-corrected chi connectivity index (χ4v) is 1.90. The highest BCUT2D eigenvalue weighted by Crippen LogP contribution is 2.22. The van der Waals surface area contributed by atoms with Gasteiger partial charge in [0.05, 0.1) is 7.11 Å². The molecule has 0 saturated heterocycles. The van der Waals surface area contributed by atoms with Crippen molar-refractivity contribution in [3.8, 4) is 16.9 Å². The lowest BCUT2D eigenvalue weighted by molar-refractivity contribution is -0.147. The SMILES string of the molecule is COC(=O)C(C)(N)COc1ccc(-c2ccccc2)cc1. The number of hydrogen-bond acceptors (Lipinski definition) is 4. The number of carbonyl (C=O) groups is 1. The Morgan fingerprint density at radius 2 is 1.62 bits per heavy atom. The molecule has 2 aromatic carbocycles. The molecule has 21 heavy (non-hydrogen) atoms. The average Bonchev–Trinajstić information content (AvgIpc) is 2.53. The van der Waals surface area contributed by atoms with Crippen LogP contribution < -0.4 is 10.5 Å². The van der Waals surface area contributed by atoms with Gasteiger partial charge in [-0.2, -0.15) is 0 Å². The van der Waals surface area contributed by atoms with Gasteiger partial charge in [-0.15, -0.1) is 0 Å². The molecule has 0 spiro atoms. The van der Waals surface area contributed by atoms with Crippen molar-refractivity contribution in [3.63, 3.8) is 0 Å². The van der Waals surface area contributed by atoms with E-state index >= 15 is 0 Å². The van der Waals surface area contributed by atoms with Crippen LogP contribution >= 0.6 is 0 Å². The first-order valence-corrected chi connectivity index (χ1v) is 6.68. The average molecular weight is 285 g/mol. The topological polar surface area (TPSA) is 61.5 Å². The summed E-state index contributed by atoms with van der Waals surface area (Å²) < 4.78 is 10.2. The number of rotatable bonds is 5. The third-order valence-corrected chi connectivity index (χ3v) is 3.15. The molecule has 0 aromatic heterocycles. The standard InChI is InChI=1S/C17H19NO3/c1-17(18,16(19)20-2)12-21-15-10-8-14(9-11-15)13-6-4-3-5-7-13/h3-11H,12,18H2,1-2H3. The van der Waals surface area contributed by atoms with Crippen molar-refractivity contribution in [2.75, 3.05) is 13.7 Å². The lowest BCUT2D eigenvalue weighted by Crippen LogP contribution is -2.50. The van der Waals surface area contributed by atoms with Crippen LogP contribution in [0.25, 0.3) is 11.1 Å². The van der Waals surface area contributed by atoms with E-state index in [1.807, 2.05) is 54.6 Å². The van der Waals surface area contributed by atoms with Gasteiger partial charge in [0.15, 0.2) is 0 Å². The summed E-state index contributed by atoms with van der Waals surface area (Å²) in [4.78, 5) is 11.5. The van der Waals surface area contributed by atoms with Crippen molar-refractivity contribution in [2.24, 2.45) is 5.73 Å². The Bertz CT molecular complexity index is 591. The fourth-order valence-electron chi connectivity index (χ4n) is 1.90. The molecule has 0 aliphatic heterocycles. The van der Waals surface area contributed by atoms with E-state index in [0.717, 1.165) is 11.1 Å². The minimum Gasteiger partial charge on any atom is -0.491 e. The molecular formula is C17H19NO3. The molecule has 4 nitrogen and oxygen atoms in total. The molecule has 0 bridgehead atoms. The summed E-state index contributed by atoms with van der Waals surface area (Å²) in [5, 5.41) is 0. The van der Waals surface area contributed by atoms with E-state index in [2.05, 4.69) is 4.74 Å². The molecule has 0 heterocycles. The zero-order valence-electron chi connectivity index (χ0n) is 12.2. The van der Waals surface area contributed by atoms with Gasteiger partial charge in [-0.05, 0) is 30.2 Å². The van der Waals surface area contributed by atoms with Crippen LogP contribution in [-0.4, -0.2) is 25.2 Å². The molecule has 0 radical (unpaired) electrons. The Balaban J connectivity index is 2.02. The van der Waals surface area contributed by atoms with E-state index in [0.29, 0.717) is 5.75 Å². The molecule has 0 aliphatic rings. The van der Waals surface area contributed by atoms with E-state index in [9.17, 15) is 4.79 Å². The third-order valence-electron chi connectivity index (χ3n) is 3.15. The molecule has 1 unspecified atom stereocenters. The summed E-state index contributed by atoms with van der Waals surface area (Å²) in [5.74, 6) is 0.165. The Labute approximate surface area is 124 Å². The normalized spacial score (nSPS) is 13.3. The smallest absolute Gasteiger partial charge is 0.329 e. The van der Waals surface area contributed by atoms with Gasteiger partial charge in [0, 0.05) is 0 Å². The summed E-state index contributed by atoms with van der Waals surface area (Å²) in [5.41, 5.74) is 6.92. The van der Waals surface area contributed by atoms with Crippen molar-refractivity contribution in [2.45, 2.75) is 12.5 Å². The highest BCUT2D eigenvalue weighted by Gasteiger charge is 2.30. The molecule has 2 aromatic rings. The highest BCUT2D eigenvalue weighted by molar-refractivity contribution is 5.80. The number of benzene rings is 2. The fraction of sp³-hybridized carbons (Fsp3) is 0.235. The maximum Gasteiger partial charge on any atom is 0.329 e. The van der Waals surface area contributed by atoms with Crippen molar-refractivity contribution in [1.82, 2.24) is 0 Å². The Morgan fingerprint density at radius 1 is 1.05 bits per heavy atom. The van der Waals surface area contributed by atoms with Gasteiger partial charge in [0.2, 0.25) is 0 Å². The van der Waals surface area contributed by atoms with Crippen molar-refractivity contribution < 1.29 is 14.3 Å². The van der Waals surface area contributed by atoms with Crippen LogP contribution in [0.15, 0.2) is 54.6 Å². The molecule has 0 saturated carbocycles. The summed E-state index contributed by atoms with van der Waals surface area (Å²) in [6, 6.07) is 17.7. The van der Waals surface area contributed by atoms with Gasteiger partial charge in [0.1, 0.15) is 17.9 Å². The van der Waals surface area contributed by atoms with E-state index in [1.54, 1.807) is 6.92 Å². The molecule has 4 heteroatoms. The zero-order chi connectivity index (χ0) is 15.3. The maximum atomic E-state index is 11.5. The molecule has 2 rings (SSSR count). The number of esters is 1. The predicted octanol–water partition coefficient (Wildman–Crippen LogP) is 2.62. The number of methoxy groups -OCH3 is 1. The van der Waals surface area contributed by atoms with E-state index in [4.69, 9.17) is 10.5 Å². The van der Waals surface area contributed by atoms with E-state index < -0.39 is 11.5 Å². The van der Waals surface area contributed by atoms with Crippen LogP contribution in [0.4, 0.5) is 0 Å². The molecular weight excluding hydrogens is 266 g/mol. The summed E-state index contributed by atoms with van der Waals surface area (Å²) in [6.07, 6.45) is 0. The molecule has 110 valence electrons. The Morgan fingerprint density at radius 3 is 2.19 bits per heavy atom. The van der Waals surface area contributed by atoms with Crippen molar-refractivity contribution in [3.05, 3.63) is 54.6 Å². The van der Waals surface area contributed by atoms with Gasteiger partial charge in [-0.1, -0.05) is 42.5 Å². The van der Waals surface area contributed by atoms with Gasteiger partial charge in [0.25, 0.3) is 0 Å². The van der Waals surface area contributed by atoms with E-state index in [-0.39, 0.29) is 6.61 Å². The monoisotopic (exact) mass is 285 g/mol. The van der Waals surface area contributed by atoms with Crippen molar-refractivity contribution in [1.29, 1.82) is 0 Å². The van der Waals surface area contributed by atoms with Crippen LogP contribution in [-0.2, 0) is 9.53 Å². The molecule has 1 atom stereocenters. The minimum atomic E-state index is -1.16. The first-order valence-electron chi connectivity index (χ1n) is 6.68. The van der Waals surface area contributed by atoms with Crippen LogP contribution in [0, 0.1) is 0 Å². The number of nitrogens with two attached hydrogens (primary N) is 1. The molecule has 0 aliphatic carbocycles. The second-order valence-corrected chi connectivity index (χ2v) is 5.09. The van der Waals surface area contributed by atoms with Crippen LogP contribution in [0.5, 0.6) is 5.75 Å². The lowest BCUT2D eigenvalue weighted by Gasteiger charge is -2.21. The predicted molar refractivity (Wildman–Crippen MR) is 82.0 cm³/mol. The first kappa shape index (κ1) is 15.1.